The van der Waals surface area contributed by atoms with Crippen molar-refractivity contribution in [1.82, 2.24) is 0 Å². The van der Waals surface area contributed by atoms with E-state index in [1.807, 2.05) is 0 Å². The summed E-state index contributed by atoms with van der Waals surface area (Å²) in [6, 6.07) is 1.19. The Labute approximate surface area is 142 Å². The monoisotopic (exact) mass is 352 g/mol. The molecule has 3 nitrogen and oxygen atoms in total. The molecule has 0 spiro atoms. The molecule has 2 fully saturated rings. The van der Waals surface area contributed by atoms with Gasteiger partial charge in [-0.05, 0) is 0 Å². The first-order valence-corrected chi connectivity index (χ1v) is 6.05. The Hall–Kier alpha value is 1.41. The Kier molecular flexibility index (Phi) is 21.4. The Morgan fingerprint density at radius 1 is 0.765 bits per heavy atom. The van der Waals surface area contributed by atoms with Crippen LogP contribution in [0.25, 0.3) is 10.6 Å². The fourth-order valence-corrected chi connectivity index (χ4v) is 2.26. The molecular weight excluding hydrogens is 328 g/mol. The van der Waals surface area contributed by atoms with E-state index >= 15 is 0 Å². The summed E-state index contributed by atoms with van der Waals surface area (Å²) in [7, 11) is 0. The van der Waals surface area contributed by atoms with Crippen LogP contribution < -0.4 is 0 Å². The summed E-state index contributed by atoms with van der Waals surface area (Å²) in [5.41, 5.74) is 0. The third-order valence-electron chi connectivity index (χ3n) is 2.99. The Bertz CT molecular complexity index is 135. The van der Waals surface area contributed by atoms with E-state index < -0.39 is 0 Å². The van der Waals surface area contributed by atoms with Gasteiger partial charge in [-0.3, -0.25) is 0 Å². The van der Waals surface area contributed by atoms with Gasteiger partial charge in [0.25, 0.3) is 0 Å². The van der Waals surface area contributed by atoms with Gasteiger partial charge in [0, 0.05) is 32.7 Å². The molecular formula is C12H24N2OVY-4. The third kappa shape index (κ3) is 9.02. The fraction of sp³-hybridized carbons (Fsp3) is 0.833. The van der Waals surface area contributed by atoms with E-state index in [-0.39, 0.29) is 47.6 Å². The van der Waals surface area contributed by atoms with Crippen molar-refractivity contribution in [1.29, 1.82) is 0 Å². The smallest absolute Gasteiger partial charge is 0 e. The van der Waals surface area contributed by atoms with Gasteiger partial charge in [-0.2, -0.15) is 12.1 Å². The van der Waals surface area contributed by atoms with Gasteiger partial charge >= 0.3 is 21.0 Å². The molecule has 0 aromatic carbocycles. The molecule has 0 aliphatic carbocycles. The van der Waals surface area contributed by atoms with Crippen LogP contribution in [0.2, 0.25) is 0 Å². The average molecular weight is 352 g/mol. The molecule has 2 atom stereocenters. The Morgan fingerprint density at radius 3 is 1.35 bits per heavy atom. The summed E-state index contributed by atoms with van der Waals surface area (Å²) in [6.07, 6.45) is 7.97. The van der Waals surface area contributed by atoms with E-state index in [9.17, 15) is 0 Å². The van der Waals surface area contributed by atoms with Crippen LogP contribution in [0.15, 0.2) is 0 Å². The number of piperidine rings is 2. The van der Waals surface area contributed by atoms with Crippen molar-refractivity contribution in [2.24, 2.45) is 0 Å². The second-order valence-corrected chi connectivity index (χ2v) is 3.94. The second kappa shape index (κ2) is 15.5. The molecule has 2 aliphatic rings. The molecule has 2 heterocycles. The minimum absolute atomic E-state index is 0. The minimum atomic E-state index is 0. The molecule has 2 saturated heterocycles. The first kappa shape index (κ1) is 23.5. The van der Waals surface area contributed by atoms with Crippen LogP contribution in [0.3, 0.4) is 0 Å². The topological polar surface area (TPSA) is 45.3 Å². The molecule has 5 heteroatoms. The molecule has 2 unspecified atom stereocenters. The molecule has 1 radical (unpaired) electrons. The van der Waals surface area contributed by atoms with Crippen LogP contribution in [0.5, 0.6) is 0 Å². The first-order chi connectivity index (χ1) is 6.97. The molecule has 0 aromatic heterocycles. The summed E-state index contributed by atoms with van der Waals surface area (Å²) < 4.78 is 8.19. The van der Waals surface area contributed by atoms with Crippen molar-refractivity contribution < 1.29 is 53.8 Å². The molecule has 0 bridgehead atoms. The molecule has 17 heavy (non-hydrogen) atoms. The van der Waals surface area contributed by atoms with Gasteiger partial charge < -0.3 is 25.5 Å². The van der Waals surface area contributed by atoms with E-state index in [1.54, 1.807) is 0 Å². The number of hydrogen-bond acceptors (Lipinski definition) is 1. The zero-order valence-corrected chi connectivity index (χ0v) is 15.4. The second-order valence-electron chi connectivity index (χ2n) is 3.94. The summed E-state index contributed by atoms with van der Waals surface area (Å²) >= 11 is 1.06. The van der Waals surface area contributed by atoms with Crippen molar-refractivity contribution in [3.05, 3.63) is 25.5 Å². The van der Waals surface area contributed by atoms with Gasteiger partial charge in [0.05, 0.1) is 0 Å². The standard InChI is InChI=1S/C10H18N2.2CH3.O.V.Y/c1-3-7-11-9(5-1)10-6-2-4-8-12-10;;;;;/h9-10H,1-8H2;2*1H3;;;/q-2;2*-1;;;. The largest absolute Gasteiger partial charge is 0 e. The summed E-state index contributed by atoms with van der Waals surface area (Å²) in [5.74, 6) is 0. The van der Waals surface area contributed by atoms with E-state index in [0.29, 0.717) is 12.1 Å². The number of rotatable bonds is 1. The molecule has 0 N–H and O–H groups in total. The molecule has 2 aliphatic heterocycles. The van der Waals surface area contributed by atoms with Gasteiger partial charge in [-0.15, -0.1) is 13.1 Å². The van der Waals surface area contributed by atoms with Crippen molar-refractivity contribution in [2.75, 3.05) is 13.1 Å². The van der Waals surface area contributed by atoms with Crippen molar-refractivity contribution in [2.45, 2.75) is 50.6 Å². The molecule has 100 valence electrons. The fourth-order valence-electron chi connectivity index (χ4n) is 2.26. The van der Waals surface area contributed by atoms with Crippen LogP contribution in [0.1, 0.15) is 38.5 Å². The normalized spacial score (nSPS) is 27.0. The van der Waals surface area contributed by atoms with E-state index in [4.69, 9.17) is 3.67 Å². The van der Waals surface area contributed by atoms with Crippen LogP contribution in [0.4, 0.5) is 0 Å². The number of nitrogens with zero attached hydrogens (tertiary/aromatic N) is 2. The SMILES string of the molecule is C1CCC(C2CCCC[N-]2)[N-]C1.[CH3-].[CH3-].[O]=[V].[Y]. The van der Waals surface area contributed by atoms with Crippen LogP contribution in [-0.2, 0) is 53.8 Å². The van der Waals surface area contributed by atoms with E-state index in [1.165, 1.54) is 38.5 Å². The molecule has 0 amide bonds. The summed E-state index contributed by atoms with van der Waals surface area (Å²) in [6.45, 7) is 2.19. The van der Waals surface area contributed by atoms with Gasteiger partial charge in [0.1, 0.15) is 0 Å². The maximum absolute atomic E-state index is 8.19. The van der Waals surface area contributed by atoms with Gasteiger partial charge in [0.15, 0.2) is 0 Å². The molecule has 2 rings (SSSR count). The Morgan fingerprint density at radius 2 is 1.12 bits per heavy atom. The van der Waals surface area contributed by atoms with Crippen LogP contribution >= 0.6 is 0 Å². The zero-order chi connectivity index (χ0) is 10.2. The van der Waals surface area contributed by atoms with Gasteiger partial charge in [0.2, 0.25) is 0 Å². The Balaban J connectivity index is -0.000000373. The van der Waals surface area contributed by atoms with Gasteiger partial charge in [-0.25, -0.2) is 0 Å². The first-order valence-electron chi connectivity index (χ1n) is 5.48. The third-order valence-corrected chi connectivity index (χ3v) is 2.99. The minimum Gasteiger partial charge on any atom is 0 e. The van der Waals surface area contributed by atoms with E-state index in [2.05, 4.69) is 10.6 Å². The van der Waals surface area contributed by atoms with Crippen LogP contribution in [0, 0.1) is 14.9 Å². The maximum Gasteiger partial charge on any atom is 0 e. The maximum atomic E-state index is 8.19. The predicted octanol–water partition coefficient (Wildman–Crippen LogP) is 3.62. The zero-order valence-electron chi connectivity index (χ0n) is 11.1. The average Bonchev–Trinajstić information content (AvgIpc) is 2.34. The summed E-state index contributed by atoms with van der Waals surface area (Å²) in [5, 5.41) is 9.32. The predicted molar refractivity (Wildman–Crippen MR) is 65.2 cm³/mol. The number of hydrogen-bond donors (Lipinski definition) is 0. The van der Waals surface area contributed by atoms with Crippen molar-refractivity contribution >= 4 is 0 Å². The molecule has 0 aromatic rings. The molecule has 0 saturated carbocycles. The van der Waals surface area contributed by atoms with E-state index in [0.717, 1.165) is 30.5 Å². The van der Waals surface area contributed by atoms with Crippen molar-refractivity contribution in [3.8, 4) is 0 Å². The van der Waals surface area contributed by atoms with Crippen LogP contribution in [-0.4, -0.2) is 25.2 Å². The quantitative estimate of drug-likeness (QED) is 0.665. The van der Waals surface area contributed by atoms with Gasteiger partial charge in [-0.1, -0.05) is 38.5 Å². The van der Waals surface area contributed by atoms with Crippen molar-refractivity contribution in [3.63, 3.8) is 0 Å². The summed E-state index contributed by atoms with van der Waals surface area (Å²) in [4.78, 5) is 0.